The number of piperidine rings is 1. The van der Waals surface area contributed by atoms with Crippen molar-refractivity contribution in [3.63, 3.8) is 0 Å². The Morgan fingerprint density at radius 1 is 1.14 bits per heavy atom. The molecule has 2 bridgehead atoms. The summed E-state index contributed by atoms with van der Waals surface area (Å²) in [4.78, 5) is 15.6. The smallest absolute Gasteiger partial charge is 0.244 e. The molecule has 2 aliphatic rings. The van der Waals surface area contributed by atoms with Crippen LogP contribution in [0.25, 0.3) is 0 Å². The minimum Gasteiger partial charge on any atom is -0.375 e. The van der Waals surface area contributed by atoms with E-state index < -0.39 is 16.1 Å². The normalized spacial score (nSPS) is 24.1. The monoisotopic (exact) mass is 536 g/mol. The summed E-state index contributed by atoms with van der Waals surface area (Å²) in [5, 5.41) is 0.460. The summed E-state index contributed by atoms with van der Waals surface area (Å²) in [6, 6.07) is 12.7. The molecule has 2 fully saturated rings. The first-order valence-electron chi connectivity index (χ1n) is 11.8. The van der Waals surface area contributed by atoms with Crippen molar-refractivity contribution < 1.29 is 17.9 Å². The fraction of sp³-hybridized carbons (Fsp3) is 0.423. The van der Waals surface area contributed by atoms with E-state index in [9.17, 15) is 13.2 Å². The Morgan fingerprint density at radius 3 is 2.49 bits per heavy atom. The van der Waals surface area contributed by atoms with Gasteiger partial charge in [-0.25, -0.2) is 8.42 Å². The third-order valence-corrected chi connectivity index (χ3v) is 9.15. The zero-order valence-electron chi connectivity index (χ0n) is 19.6. The molecule has 188 valence electrons. The first-order chi connectivity index (χ1) is 16.7. The van der Waals surface area contributed by atoms with Crippen molar-refractivity contribution in [2.24, 2.45) is 5.92 Å². The van der Waals surface area contributed by atoms with E-state index in [1.807, 2.05) is 37.3 Å². The van der Waals surface area contributed by atoms with Gasteiger partial charge in [-0.1, -0.05) is 59.6 Å². The first-order valence-corrected chi connectivity index (χ1v) is 14.0. The largest absolute Gasteiger partial charge is 0.375 e. The van der Waals surface area contributed by atoms with Crippen molar-refractivity contribution in [3.05, 3.63) is 76.8 Å². The summed E-state index contributed by atoms with van der Waals surface area (Å²) < 4.78 is 35.0. The van der Waals surface area contributed by atoms with Crippen LogP contribution in [0.2, 0.25) is 10.0 Å². The number of benzene rings is 2. The molecule has 0 saturated carbocycles. The highest BCUT2D eigenvalue weighted by atomic mass is 35.5. The summed E-state index contributed by atoms with van der Waals surface area (Å²) in [6.07, 6.45) is 3.64. The topological polar surface area (TPSA) is 66.9 Å². The highest BCUT2D eigenvalue weighted by Crippen LogP contribution is 2.38. The van der Waals surface area contributed by atoms with Crippen LogP contribution in [-0.2, 0) is 26.2 Å². The number of amides is 1. The number of sulfonamides is 1. The van der Waals surface area contributed by atoms with Crippen molar-refractivity contribution in [2.75, 3.05) is 13.2 Å². The van der Waals surface area contributed by atoms with Crippen molar-refractivity contribution >= 4 is 39.1 Å². The van der Waals surface area contributed by atoms with Gasteiger partial charge in [-0.05, 0) is 49.9 Å². The van der Waals surface area contributed by atoms with E-state index in [1.165, 1.54) is 22.5 Å². The number of carbonyl (C=O) groups excluding carboxylic acids is 1. The molecule has 1 amide bonds. The van der Waals surface area contributed by atoms with E-state index in [0.717, 1.165) is 12.0 Å². The molecule has 2 aromatic rings. The lowest BCUT2D eigenvalue weighted by Crippen LogP contribution is -2.55. The number of ether oxygens (including phenoxy) is 1. The lowest BCUT2D eigenvalue weighted by atomic mass is 9.90. The maximum absolute atomic E-state index is 13.8. The standard InChI is InChI=1S/C26H30Cl2N2O4S/c1-3-20-15-29(18(2)16-34-17-19-8-5-4-6-9-19)26(31)25-11-7-10-24(20)30(25)35(32,33)23-13-21(27)12-22(28)14-23/h3-6,8-9,12-14,18,20,24-25H,1,7,10-11,15-17H2,2H3/t18?,20-,24+,25?/m0/s1. The number of fused-ring (bicyclic) bond motifs is 2. The number of carbonyl (C=O) groups is 1. The molecule has 0 radical (unpaired) electrons. The Kier molecular flexibility index (Phi) is 8.23. The minimum absolute atomic E-state index is 0.00444. The Morgan fingerprint density at radius 2 is 1.83 bits per heavy atom. The van der Waals surface area contributed by atoms with Gasteiger partial charge in [0.25, 0.3) is 0 Å². The van der Waals surface area contributed by atoms with E-state index in [2.05, 4.69) is 6.58 Å². The second kappa shape index (κ2) is 11.0. The molecule has 35 heavy (non-hydrogen) atoms. The second-order valence-corrected chi connectivity index (χ2v) is 11.9. The average Bonchev–Trinajstić information content (AvgIpc) is 2.90. The first kappa shape index (κ1) is 26.2. The van der Waals surface area contributed by atoms with Crippen molar-refractivity contribution in [3.8, 4) is 0 Å². The van der Waals surface area contributed by atoms with Crippen molar-refractivity contribution in [2.45, 2.75) is 55.8 Å². The Balaban J connectivity index is 1.61. The molecule has 2 saturated heterocycles. The molecule has 9 heteroatoms. The predicted molar refractivity (Wildman–Crippen MR) is 138 cm³/mol. The van der Waals surface area contributed by atoms with Crippen LogP contribution in [0.3, 0.4) is 0 Å². The predicted octanol–water partition coefficient (Wildman–Crippen LogP) is 5.15. The average molecular weight is 538 g/mol. The quantitative estimate of drug-likeness (QED) is 0.437. The van der Waals surface area contributed by atoms with Crippen molar-refractivity contribution in [1.29, 1.82) is 0 Å². The number of nitrogens with zero attached hydrogens (tertiary/aromatic N) is 2. The number of hydrogen-bond donors (Lipinski definition) is 0. The summed E-state index contributed by atoms with van der Waals surface area (Å²) in [5.74, 6) is -0.420. The molecule has 0 aliphatic carbocycles. The van der Waals surface area contributed by atoms with Gasteiger partial charge in [-0.15, -0.1) is 6.58 Å². The fourth-order valence-corrected chi connectivity index (χ4v) is 7.66. The molecule has 0 N–H and O–H groups in total. The maximum Gasteiger partial charge on any atom is 0.244 e. The van der Waals surface area contributed by atoms with Crippen LogP contribution in [0.15, 0.2) is 66.1 Å². The van der Waals surface area contributed by atoms with Gasteiger partial charge in [-0.3, -0.25) is 4.79 Å². The fourth-order valence-electron chi connectivity index (χ4n) is 5.06. The third kappa shape index (κ3) is 5.59. The molecule has 6 nitrogen and oxygen atoms in total. The molecule has 2 unspecified atom stereocenters. The van der Waals surface area contributed by atoms with Crippen LogP contribution in [0.5, 0.6) is 0 Å². The molecule has 2 aromatic carbocycles. The zero-order valence-corrected chi connectivity index (χ0v) is 22.0. The van der Waals surface area contributed by atoms with E-state index in [4.69, 9.17) is 27.9 Å². The second-order valence-electron chi connectivity index (χ2n) is 9.19. The zero-order chi connectivity index (χ0) is 25.2. The lowest BCUT2D eigenvalue weighted by molar-refractivity contribution is -0.138. The van der Waals surface area contributed by atoms with Gasteiger partial charge < -0.3 is 9.64 Å². The van der Waals surface area contributed by atoms with Crippen LogP contribution in [0, 0.1) is 5.92 Å². The van der Waals surface area contributed by atoms with Gasteiger partial charge in [0.15, 0.2) is 0 Å². The summed E-state index contributed by atoms with van der Waals surface area (Å²) >= 11 is 12.2. The number of hydrogen-bond acceptors (Lipinski definition) is 4. The SMILES string of the molecule is C=C[C@H]1CN(C(C)COCc2ccccc2)C(=O)C2CCC[C@H]1N2S(=O)(=O)c1cc(Cl)cc(Cl)c1. The number of halogens is 2. The third-order valence-electron chi connectivity index (χ3n) is 6.80. The molecular formula is C26H30Cl2N2O4S. The highest BCUT2D eigenvalue weighted by Gasteiger charge is 2.50. The molecule has 4 atom stereocenters. The van der Waals surface area contributed by atoms with Gasteiger partial charge in [-0.2, -0.15) is 4.31 Å². The molecular weight excluding hydrogens is 507 g/mol. The Labute approximate surface area is 217 Å². The Hall–Kier alpha value is -1.90. The maximum atomic E-state index is 13.8. The van der Waals surface area contributed by atoms with Gasteiger partial charge >= 0.3 is 0 Å². The molecule has 2 heterocycles. The van der Waals surface area contributed by atoms with Crippen LogP contribution in [-0.4, -0.2) is 54.8 Å². The van der Waals surface area contributed by atoms with Gasteiger partial charge in [0.2, 0.25) is 15.9 Å². The van der Waals surface area contributed by atoms with Crippen LogP contribution < -0.4 is 0 Å². The lowest BCUT2D eigenvalue weighted by Gasteiger charge is -2.40. The van der Waals surface area contributed by atoms with E-state index in [0.29, 0.717) is 32.6 Å². The van der Waals surface area contributed by atoms with Crippen LogP contribution in [0.1, 0.15) is 31.7 Å². The van der Waals surface area contributed by atoms with Gasteiger partial charge in [0, 0.05) is 28.5 Å². The van der Waals surface area contributed by atoms with E-state index in [1.54, 1.807) is 11.0 Å². The summed E-state index contributed by atoms with van der Waals surface area (Å²) in [7, 11) is -4.03. The molecule has 0 spiro atoms. The van der Waals surface area contributed by atoms with Crippen LogP contribution >= 0.6 is 23.2 Å². The van der Waals surface area contributed by atoms with Crippen LogP contribution in [0.4, 0.5) is 0 Å². The minimum atomic E-state index is -4.03. The molecule has 2 aliphatic heterocycles. The number of rotatable bonds is 8. The van der Waals surface area contributed by atoms with E-state index in [-0.39, 0.29) is 38.8 Å². The van der Waals surface area contributed by atoms with Crippen molar-refractivity contribution in [1.82, 2.24) is 9.21 Å². The summed E-state index contributed by atoms with van der Waals surface area (Å²) in [6.45, 7) is 7.10. The Bertz CT molecular complexity index is 1150. The molecule has 0 aromatic heterocycles. The highest BCUT2D eigenvalue weighted by molar-refractivity contribution is 7.89. The summed E-state index contributed by atoms with van der Waals surface area (Å²) in [5.41, 5.74) is 1.05. The van der Waals surface area contributed by atoms with E-state index >= 15 is 0 Å². The van der Waals surface area contributed by atoms with Gasteiger partial charge in [0.05, 0.1) is 24.2 Å². The molecule has 4 rings (SSSR count). The van der Waals surface area contributed by atoms with Gasteiger partial charge in [0.1, 0.15) is 6.04 Å².